The van der Waals surface area contributed by atoms with E-state index >= 15 is 0 Å². The molecule has 2 aromatic carbocycles. The first-order valence-corrected chi connectivity index (χ1v) is 11.1. The molecule has 0 saturated carbocycles. The van der Waals surface area contributed by atoms with Crippen LogP contribution in [0.15, 0.2) is 72.1 Å². The molecule has 1 amide bonds. The fraction of sp³-hybridized carbons (Fsp3) is 0.208. The molecule has 0 unspecified atom stereocenters. The Labute approximate surface area is 185 Å². The average molecular weight is 433 g/mol. The van der Waals surface area contributed by atoms with E-state index in [9.17, 15) is 4.79 Å². The number of benzene rings is 2. The van der Waals surface area contributed by atoms with E-state index in [1.807, 2.05) is 55.6 Å². The smallest absolute Gasteiger partial charge is 0.251 e. The van der Waals surface area contributed by atoms with Crippen molar-refractivity contribution < 1.29 is 9.53 Å². The quantitative estimate of drug-likeness (QED) is 0.414. The van der Waals surface area contributed by atoms with Crippen LogP contribution >= 0.6 is 11.8 Å². The minimum absolute atomic E-state index is 0.0458. The Kier molecular flexibility index (Phi) is 6.52. The van der Waals surface area contributed by atoms with Crippen molar-refractivity contribution >= 4 is 28.7 Å². The summed E-state index contributed by atoms with van der Waals surface area (Å²) in [6, 6.07) is 17.7. The van der Waals surface area contributed by atoms with Crippen LogP contribution in [-0.4, -0.2) is 34.1 Å². The summed E-state index contributed by atoms with van der Waals surface area (Å²) in [7, 11) is 1.67. The molecule has 0 fully saturated rings. The van der Waals surface area contributed by atoms with Crippen molar-refractivity contribution in [3.63, 3.8) is 0 Å². The van der Waals surface area contributed by atoms with Gasteiger partial charge in [0.1, 0.15) is 5.75 Å². The number of fused-ring (bicyclic) bond motifs is 1. The maximum Gasteiger partial charge on any atom is 0.251 e. The largest absolute Gasteiger partial charge is 0.497 e. The van der Waals surface area contributed by atoms with Crippen LogP contribution in [-0.2, 0) is 12.3 Å². The number of aromatic nitrogens is 3. The average Bonchev–Trinajstić information content (AvgIpc) is 3.16. The zero-order chi connectivity index (χ0) is 21.6. The van der Waals surface area contributed by atoms with Gasteiger partial charge in [-0.1, -0.05) is 36.0 Å². The topological polar surface area (TPSA) is 69.0 Å². The van der Waals surface area contributed by atoms with E-state index in [4.69, 9.17) is 9.72 Å². The highest BCUT2D eigenvalue weighted by atomic mass is 32.2. The van der Waals surface area contributed by atoms with Gasteiger partial charge in [0, 0.05) is 24.1 Å². The van der Waals surface area contributed by atoms with Gasteiger partial charge in [0.2, 0.25) is 0 Å². The molecule has 4 rings (SSSR count). The lowest BCUT2D eigenvalue weighted by Crippen LogP contribution is -2.22. The summed E-state index contributed by atoms with van der Waals surface area (Å²) in [5, 5.41) is 3.76. The first kappa shape index (κ1) is 20.9. The van der Waals surface area contributed by atoms with Crippen LogP contribution in [0.4, 0.5) is 0 Å². The predicted molar refractivity (Wildman–Crippen MR) is 124 cm³/mol. The number of imidazole rings is 1. The van der Waals surface area contributed by atoms with Crippen LogP contribution in [0.2, 0.25) is 0 Å². The molecule has 0 spiro atoms. The van der Waals surface area contributed by atoms with Crippen molar-refractivity contribution in [2.75, 3.05) is 13.7 Å². The third kappa shape index (κ3) is 4.88. The molecule has 0 aliphatic carbocycles. The highest BCUT2D eigenvalue weighted by molar-refractivity contribution is 7.98. The van der Waals surface area contributed by atoms with Crippen molar-refractivity contribution in [1.82, 2.24) is 19.9 Å². The summed E-state index contributed by atoms with van der Waals surface area (Å²) >= 11 is 1.68. The molecular formula is C24H24N4O2S. The lowest BCUT2D eigenvalue weighted by Gasteiger charge is -2.10. The first-order chi connectivity index (χ1) is 15.2. The molecule has 0 radical (unpaired) electrons. The fourth-order valence-electron chi connectivity index (χ4n) is 3.29. The molecule has 0 saturated heterocycles. The minimum atomic E-state index is -0.0458. The standard InChI is InChI=1S/C24H24N4O2S/c1-3-26-23(29)19-8-4-18(5-9-19)16-31-24-27-21-12-13-25-14-22(21)28(24)15-17-6-10-20(30-2)11-7-17/h4-14H,3,15-16H2,1-2H3,(H,26,29). The van der Waals surface area contributed by atoms with Gasteiger partial charge in [-0.2, -0.15) is 0 Å². The molecule has 0 atom stereocenters. The Morgan fingerprint density at radius 3 is 2.52 bits per heavy atom. The maximum atomic E-state index is 11.9. The molecule has 7 heteroatoms. The van der Waals surface area contributed by atoms with E-state index in [2.05, 4.69) is 27.0 Å². The molecule has 158 valence electrons. The second-order valence-electron chi connectivity index (χ2n) is 7.04. The van der Waals surface area contributed by atoms with Gasteiger partial charge < -0.3 is 14.6 Å². The number of hydrogen-bond acceptors (Lipinski definition) is 5. The van der Waals surface area contributed by atoms with E-state index in [0.717, 1.165) is 38.8 Å². The number of nitrogens with one attached hydrogen (secondary N) is 1. The Morgan fingerprint density at radius 2 is 1.81 bits per heavy atom. The maximum absolute atomic E-state index is 11.9. The summed E-state index contributed by atoms with van der Waals surface area (Å²) in [5.74, 6) is 1.55. The second-order valence-corrected chi connectivity index (χ2v) is 7.98. The van der Waals surface area contributed by atoms with Crippen molar-refractivity contribution in [3.05, 3.63) is 83.7 Å². The van der Waals surface area contributed by atoms with Gasteiger partial charge >= 0.3 is 0 Å². The van der Waals surface area contributed by atoms with Gasteiger partial charge in [-0.3, -0.25) is 9.78 Å². The Bertz CT molecular complexity index is 1170. The molecule has 0 aliphatic rings. The zero-order valence-electron chi connectivity index (χ0n) is 17.5. The summed E-state index contributed by atoms with van der Waals surface area (Å²) < 4.78 is 7.46. The van der Waals surface area contributed by atoms with Crippen molar-refractivity contribution in [1.29, 1.82) is 0 Å². The molecule has 2 heterocycles. The molecule has 6 nitrogen and oxygen atoms in total. The Balaban J connectivity index is 1.54. The van der Waals surface area contributed by atoms with Crippen molar-refractivity contribution in [2.45, 2.75) is 24.4 Å². The lowest BCUT2D eigenvalue weighted by atomic mass is 10.1. The number of rotatable bonds is 8. The number of methoxy groups -OCH3 is 1. The number of ether oxygens (including phenoxy) is 1. The van der Waals surface area contributed by atoms with Crippen molar-refractivity contribution in [3.8, 4) is 5.75 Å². The van der Waals surface area contributed by atoms with E-state index < -0.39 is 0 Å². The number of nitrogens with zero attached hydrogens (tertiary/aromatic N) is 3. The number of carbonyl (C=O) groups is 1. The molecule has 0 aliphatic heterocycles. The van der Waals surface area contributed by atoms with E-state index in [0.29, 0.717) is 18.7 Å². The number of carbonyl (C=O) groups excluding carboxylic acids is 1. The predicted octanol–water partition coefficient (Wildman–Crippen LogP) is 4.53. The number of amides is 1. The molecule has 4 aromatic rings. The highest BCUT2D eigenvalue weighted by Crippen LogP contribution is 2.28. The SMILES string of the molecule is CCNC(=O)c1ccc(CSc2nc3ccncc3n2Cc2ccc(OC)cc2)cc1. The second kappa shape index (κ2) is 9.66. The van der Waals surface area contributed by atoms with Gasteiger partial charge in [-0.25, -0.2) is 4.98 Å². The van der Waals surface area contributed by atoms with Gasteiger partial charge in [-0.05, 0) is 48.4 Å². The molecule has 1 N–H and O–H groups in total. The van der Waals surface area contributed by atoms with Gasteiger partial charge in [0.15, 0.2) is 5.16 Å². The normalized spacial score (nSPS) is 10.9. The van der Waals surface area contributed by atoms with Gasteiger partial charge in [-0.15, -0.1) is 0 Å². The summed E-state index contributed by atoms with van der Waals surface area (Å²) in [6.07, 6.45) is 3.62. The highest BCUT2D eigenvalue weighted by Gasteiger charge is 2.13. The lowest BCUT2D eigenvalue weighted by molar-refractivity contribution is 0.0956. The molecule has 0 bridgehead atoms. The van der Waals surface area contributed by atoms with Crippen LogP contribution < -0.4 is 10.1 Å². The van der Waals surface area contributed by atoms with Crippen LogP contribution in [0, 0.1) is 0 Å². The van der Waals surface area contributed by atoms with Crippen LogP contribution in [0.25, 0.3) is 11.0 Å². The fourth-order valence-corrected chi connectivity index (χ4v) is 4.26. The monoisotopic (exact) mass is 432 g/mol. The van der Waals surface area contributed by atoms with E-state index in [1.54, 1.807) is 25.1 Å². The first-order valence-electron chi connectivity index (χ1n) is 10.1. The molecule has 31 heavy (non-hydrogen) atoms. The molecule has 2 aromatic heterocycles. The van der Waals surface area contributed by atoms with Crippen LogP contribution in [0.3, 0.4) is 0 Å². The summed E-state index contributed by atoms with van der Waals surface area (Å²) in [5.41, 5.74) is 4.91. The number of pyridine rings is 1. The van der Waals surface area contributed by atoms with Crippen molar-refractivity contribution in [2.24, 2.45) is 0 Å². The van der Waals surface area contributed by atoms with E-state index in [1.165, 1.54) is 0 Å². The van der Waals surface area contributed by atoms with Crippen LogP contribution in [0.5, 0.6) is 5.75 Å². The van der Waals surface area contributed by atoms with Crippen LogP contribution in [0.1, 0.15) is 28.4 Å². The Morgan fingerprint density at radius 1 is 1.06 bits per heavy atom. The number of hydrogen-bond donors (Lipinski definition) is 1. The summed E-state index contributed by atoms with van der Waals surface area (Å²) in [6.45, 7) is 3.23. The van der Waals surface area contributed by atoms with Gasteiger partial charge in [0.25, 0.3) is 5.91 Å². The third-order valence-corrected chi connectivity index (χ3v) is 5.98. The minimum Gasteiger partial charge on any atom is -0.497 e. The number of thioether (sulfide) groups is 1. The third-order valence-electron chi connectivity index (χ3n) is 4.94. The summed E-state index contributed by atoms with van der Waals surface area (Å²) in [4.78, 5) is 21.1. The molecular weight excluding hydrogens is 408 g/mol. The van der Waals surface area contributed by atoms with E-state index in [-0.39, 0.29) is 5.91 Å². The zero-order valence-corrected chi connectivity index (χ0v) is 18.4. The van der Waals surface area contributed by atoms with Gasteiger partial charge in [0.05, 0.1) is 30.9 Å². The Hall–Kier alpha value is -3.32.